The van der Waals surface area contributed by atoms with Gasteiger partial charge >= 0.3 is 6.03 Å². The standard InChI is InChI=1S/C15H21F5N2O4Si/c1-3-24-15(25-4-2)26-27-9-5-8-21(19)14(23)22(20)11-7-6-10(16)12(17)13(11)18/h6-7,15H,3-5,8-9,27H2,1-2H3. The minimum absolute atomic E-state index is 0.146. The highest BCUT2D eigenvalue weighted by atomic mass is 28.2. The zero-order valence-corrected chi connectivity index (χ0v) is 16.3. The van der Waals surface area contributed by atoms with E-state index < -0.39 is 62.2 Å². The van der Waals surface area contributed by atoms with Gasteiger partial charge in [0.1, 0.15) is 5.69 Å². The predicted molar refractivity (Wildman–Crippen MR) is 89.2 cm³/mol. The molecule has 0 saturated heterocycles. The van der Waals surface area contributed by atoms with Crippen LogP contribution in [-0.4, -0.2) is 47.2 Å². The van der Waals surface area contributed by atoms with E-state index in [0.29, 0.717) is 31.4 Å². The van der Waals surface area contributed by atoms with Crippen LogP contribution in [0, 0.1) is 17.5 Å². The van der Waals surface area contributed by atoms with Gasteiger partial charge in [0.05, 0.1) is 6.54 Å². The monoisotopic (exact) mass is 416 g/mol. The van der Waals surface area contributed by atoms with Crippen LogP contribution in [0.5, 0.6) is 0 Å². The number of benzene rings is 1. The Morgan fingerprint density at radius 2 is 1.74 bits per heavy atom. The van der Waals surface area contributed by atoms with Crippen LogP contribution in [0.15, 0.2) is 12.1 Å². The Bertz CT molecular complexity index is 608. The van der Waals surface area contributed by atoms with Crippen molar-refractivity contribution in [1.29, 1.82) is 0 Å². The minimum Gasteiger partial charge on any atom is -0.379 e. The number of hydrogen-bond donors (Lipinski definition) is 0. The second kappa shape index (κ2) is 11.8. The molecule has 1 aromatic rings. The summed E-state index contributed by atoms with van der Waals surface area (Å²) in [5.74, 6) is -5.45. The second-order valence-electron chi connectivity index (χ2n) is 5.12. The van der Waals surface area contributed by atoms with Crippen molar-refractivity contribution in [3.8, 4) is 0 Å². The summed E-state index contributed by atoms with van der Waals surface area (Å²) in [4.78, 5) is 11.6. The zero-order valence-electron chi connectivity index (χ0n) is 14.9. The highest BCUT2D eigenvalue weighted by Crippen LogP contribution is 2.25. The van der Waals surface area contributed by atoms with Crippen LogP contribution < -0.4 is 5.12 Å². The highest BCUT2D eigenvalue weighted by Gasteiger charge is 2.27. The number of carbonyl (C=O) groups excluding carboxylic acids is 1. The fourth-order valence-corrected chi connectivity index (χ4v) is 2.89. The van der Waals surface area contributed by atoms with Gasteiger partial charge in [-0.25, -0.2) is 18.0 Å². The van der Waals surface area contributed by atoms with Gasteiger partial charge in [0.15, 0.2) is 27.2 Å². The summed E-state index contributed by atoms with van der Waals surface area (Å²) in [6, 6.07) is -0.520. The van der Waals surface area contributed by atoms with Crippen molar-refractivity contribution in [2.75, 3.05) is 24.9 Å². The Hall–Kier alpha value is -1.76. The first-order chi connectivity index (χ1) is 12.8. The normalized spacial score (nSPS) is 11.6. The van der Waals surface area contributed by atoms with Crippen molar-refractivity contribution in [3.05, 3.63) is 29.6 Å². The fourth-order valence-electron chi connectivity index (χ4n) is 1.91. The number of anilines is 1. The van der Waals surface area contributed by atoms with Gasteiger partial charge < -0.3 is 13.9 Å². The first-order valence-corrected chi connectivity index (χ1v) is 9.82. The van der Waals surface area contributed by atoms with Crippen LogP contribution in [0.1, 0.15) is 20.3 Å². The number of hydrogen-bond acceptors (Lipinski definition) is 4. The Kier molecular flexibility index (Phi) is 10.2. The van der Waals surface area contributed by atoms with E-state index in [4.69, 9.17) is 13.9 Å². The lowest BCUT2D eigenvalue weighted by Crippen LogP contribution is -2.35. The average Bonchev–Trinajstić information content (AvgIpc) is 2.65. The third-order valence-electron chi connectivity index (χ3n) is 3.21. The van der Waals surface area contributed by atoms with E-state index in [9.17, 15) is 26.9 Å². The molecule has 0 spiro atoms. The zero-order chi connectivity index (χ0) is 20.4. The highest BCUT2D eigenvalue weighted by molar-refractivity contribution is 6.27. The minimum atomic E-state index is -1.96. The topological polar surface area (TPSA) is 51.2 Å². The molecule has 6 nitrogen and oxygen atoms in total. The molecule has 2 amide bonds. The number of carbonyl (C=O) groups is 1. The summed E-state index contributed by atoms with van der Waals surface area (Å²) in [5, 5.41) is -1.41. The van der Waals surface area contributed by atoms with E-state index in [-0.39, 0.29) is 6.42 Å². The number of ether oxygens (including phenoxy) is 2. The van der Waals surface area contributed by atoms with Gasteiger partial charge in [0.2, 0.25) is 0 Å². The molecule has 0 N–H and O–H groups in total. The number of amides is 2. The van der Waals surface area contributed by atoms with E-state index >= 15 is 0 Å². The molecule has 1 rings (SSSR count). The van der Waals surface area contributed by atoms with Crippen LogP contribution in [0.3, 0.4) is 0 Å². The van der Waals surface area contributed by atoms with Gasteiger partial charge in [0.25, 0.3) is 6.48 Å². The first-order valence-electron chi connectivity index (χ1n) is 8.24. The smallest absolute Gasteiger partial charge is 0.379 e. The van der Waals surface area contributed by atoms with Crippen LogP contribution >= 0.6 is 0 Å². The Morgan fingerprint density at radius 3 is 2.33 bits per heavy atom. The van der Waals surface area contributed by atoms with Gasteiger partial charge in [-0.05, 0) is 38.4 Å². The molecule has 0 saturated carbocycles. The molecule has 0 fully saturated rings. The molecule has 27 heavy (non-hydrogen) atoms. The molecule has 0 aromatic heterocycles. The Labute approximate surface area is 155 Å². The summed E-state index contributed by atoms with van der Waals surface area (Å²) in [7, 11) is -1.14. The first kappa shape index (κ1) is 23.3. The molecule has 0 heterocycles. The summed E-state index contributed by atoms with van der Waals surface area (Å²) in [6.07, 6.45) is 0.146. The van der Waals surface area contributed by atoms with E-state index in [1.165, 1.54) is 0 Å². The SMILES string of the molecule is CCOC(OCC)O[SiH2]CCCN(F)C(=O)N(F)c1ccc(F)c(F)c1F. The summed E-state index contributed by atoms with van der Waals surface area (Å²) in [6.45, 7) is 3.02. The maximum Gasteiger partial charge on any atom is 0.381 e. The third kappa shape index (κ3) is 7.05. The summed E-state index contributed by atoms with van der Waals surface area (Å²) < 4.78 is 82.6. The molecule has 0 aliphatic rings. The van der Waals surface area contributed by atoms with Crippen molar-refractivity contribution in [2.24, 2.45) is 0 Å². The molecule has 1 aromatic carbocycles. The molecule has 0 bridgehead atoms. The molecule has 0 radical (unpaired) electrons. The number of nitrogens with zero attached hydrogens (tertiary/aromatic N) is 2. The van der Waals surface area contributed by atoms with Crippen molar-refractivity contribution >= 4 is 21.5 Å². The quantitative estimate of drug-likeness (QED) is 0.139. The maximum absolute atomic E-state index is 13.8. The fraction of sp³-hybridized carbons (Fsp3) is 0.533. The van der Waals surface area contributed by atoms with E-state index in [2.05, 4.69) is 0 Å². The van der Waals surface area contributed by atoms with E-state index in [1.807, 2.05) is 0 Å². The molecular formula is C15H21F5N2O4Si. The average molecular weight is 416 g/mol. The lowest BCUT2D eigenvalue weighted by Gasteiger charge is -2.19. The molecule has 154 valence electrons. The van der Waals surface area contributed by atoms with Crippen molar-refractivity contribution in [3.63, 3.8) is 0 Å². The molecule has 12 heteroatoms. The van der Waals surface area contributed by atoms with Gasteiger partial charge in [-0.3, -0.25) is 0 Å². The van der Waals surface area contributed by atoms with Gasteiger partial charge in [-0.1, -0.05) is 8.96 Å². The van der Waals surface area contributed by atoms with Crippen LogP contribution in [0.25, 0.3) is 0 Å². The predicted octanol–water partition coefficient (Wildman–Crippen LogP) is 3.37. The third-order valence-corrected chi connectivity index (χ3v) is 4.51. The van der Waals surface area contributed by atoms with Crippen LogP contribution in [-0.2, 0) is 13.9 Å². The van der Waals surface area contributed by atoms with Gasteiger partial charge in [-0.2, -0.15) is 5.12 Å². The van der Waals surface area contributed by atoms with E-state index in [1.54, 1.807) is 13.8 Å². The Balaban J connectivity index is 2.45. The van der Waals surface area contributed by atoms with Crippen LogP contribution in [0.2, 0.25) is 6.04 Å². The second-order valence-corrected chi connectivity index (χ2v) is 6.57. The van der Waals surface area contributed by atoms with Gasteiger partial charge in [-0.15, -0.1) is 5.12 Å². The molecule has 0 aliphatic carbocycles. The molecular weight excluding hydrogens is 395 g/mol. The van der Waals surface area contributed by atoms with Gasteiger partial charge in [0, 0.05) is 13.2 Å². The molecule has 0 atom stereocenters. The number of urea groups is 1. The Morgan fingerprint density at radius 1 is 1.11 bits per heavy atom. The van der Waals surface area contributed by atoms with Crippen molar-refractivity contribution in [1.82, 2.24) is 5.12 Å². The lowest BCUT2D eigenvalue weighted by atomic mass is 10.3. The van der Waals surface area contributed by atoms with Crippen molar-refractivity contribution < 1.29 is 40.8 Å². The van der Waals surface area contributed by atoms with E-state index in [0.717, 1.165) is 0 Å². The van der Waals surface area contributed by atoms with Crippen molar-refractivity contribution in [2.45, 2.75) is 32.8 Å². The maximum atomic E-state index is 13.8. The molecule has 0 unspecified atom stereocenters. The summed E-state index contributed by atoms with van der Waals surface area (Å²) >= 11 is 0. The number of halogens is 5. The summed E-state index contributed by atoms with van der Waals surface area (Å²) in [5.41, 5.74) is -1.23. The lowest BCUT2D eigenvalue weighted by molar-refractivity contribution is -0.243. The largest absolute Gasteiger partial charge is 0.381 e. The molecule has 0 aliphatic heterocycles. The number of rotatable bonds is 11. The van der Waals surface area contributed by atoms with Crippen LogP contribution in [0.4, 0.5) is 32.6 Å².